The summed E-state index contributed by atoms with van der Waals surface area (Å²) < 4.78 is 0. The first-order valence-electron chi connectivity index (χ1n) is 8.31. The van der Waals surface area contributed by atoms with E-state index in [-0.39, 0.29) is 24.8 Å². The highest BCUT2D eigenvalue weighted by molar-refractivity contribution is 5.85. The predicted octanol–water partition coefficient (Wildman–Crippen LogP) is 4.16. The molecule has 1 fully saturated rings. The van der Waals surface area contributed by atoms with Crippen molar-refractivity contribution in [1.29, 1.82) is 0 Å². The summed E-state index contributed by atoms with van der Waals surface area (Å²) in [6.45, 7) is 2.02. The van der Waals surface area contributed by atoms with E-state index in [0.717, 1.165) is 58.7 Å². The molecule has 0 spiro atoms. The fourth-order valence-electron chi connectivity index (χ4n) is 3.46. The van der Waals surface area contributed by atoms with Gasteiger partial charge in [-0.3, -0.25) is 4.98 Å². The number of nitrogens with one attached hydrogen (secondary N) is 1. The summed E-state index contributed by atoms with van der Waals surface area (Å²) in [5.41, 5.74) is 5.13. The fourth-order valence-corrected chi connectivity index (χ4v) is 3.46. The summed E-state index contributed by atoms with van der Waals surface area (Å²) in [4.78, 5) is 5.09. The molecule has 5 nitrogen and oxygen atoms in total. The molecule has 1 aliphatic rings. The van der Waals surface area contributed by atoms with Crippen molar-refractivity contribution in [2.45, 2.75) is 18.8 Å². The number of benzene rings is 1. The Balaban J connectivity index is 0.00000121. The second kappa shape index (κ2) is 9.03. The van der Waals surface area contributed by atoms with Gasteiger partial charge in [-0.05, 0) is 61.2 Å². The zero-order chi connectivity index (χ0) is 16.4. The number of hydrogen-bond acceptors (Lipinski definition) is 4. The van der Waals surface area contributed by atoms with Gasteiger partial charge < -0.3 is 10.5 Å². The summed E-state index contributed by atoms with van der Waals surface area (Å²) in [5.74, 6) is 0.437. The molecule has 3 aromatic rings. The average molecular weight is 393 g/mol. The number of halogens is 2. The fraction of sp³-hybridized carbons (Fsp3) is 0.263. The van der Waals surface area contributed by atoms with Crippen molar-refractivity contribution in [2.24, 2.45) is 0 Å². The molecule has 2 N–H and O–H groups in total. The minimum Gasteiger partial charge on any atom is -0.411 e. The van der Waals surface area contributed by atoms with Crippen LogP contribution in [0.1, 0.15) is 24.3 Å². The number of pyridine rings is 1. The molecule has 0 saturated carbocycles. The van der Waals surface area contributed by atoms with Gasteiger partial charge in [-0.2, -0.15) is 0 Å². The standard InChI is InChI=1S/C19H20N4O.2ClH/c24-23-19(18(13-22-23)15-6-10-21-11-7-15)17-3-1-2-16(12-17)14-4-8-20-9-5-14;;/h1-5,8-9,12-13,15,21,24H,6-7,10-11H2;2*1H. The zero-order valence-electron chi connectivity index (χ0n) is 14.2. The monoisotopic (exact) mass is 392 g/mol. The maximum atomic E-state index is 10.3. The van der Waals surface area contributed by atoms with Crippen LogP contribution in [-0.4, -0.2) is 33.2 Å². The normalized spacial score (nSPS) is 14.3. The van der Waals surface area contributed by atoms with Gasteiger partial charge in [0.15, 0.2) is 0 Å². The third kappa shape index (κ3) is 4.01. The van der Waals surface area contributed by atoms with Crippen molar-refractivity contribution in [1.82, 2.24) is 20.2 Å². The van der Waals surface area contributed by atoms with Crippen molar-refractivity contribution in [2.75, 3.05) is 13.1 Å². The van der Waals surface area contributed by atoms with E-state index in [0.29, 0.717) is 5.92 Å². The van der Waals surface area contributed by atoms with Gasteiger partial charge in [-0.1, -0.05) is 18.2 Å². The van der Waals surface area contributed by atoms with Gasteiger partial charge in [-0.15, -0.1) is 34.8 Å². The highest BCUT2D eigenvalue weighted by Crippen LogP contribution is 2.35. The summed E-state index contributed by atoms with van der Waals surface area (Å²) in [7, 11) is 0. The Bertz CT molecular complexity index is 833. The van der Waals surface area contributed by atoms with Crippen LogP contribution in [0, 0.1) is 0 Å². The van der Waals surface area contributed by atoms with Crippen LogP contribution in [0.5, 0.6) is 0 Å². The van der Waals surface area contributed by atoms with Crippen LogP contribution in [-0.2, 0) is 0 Å². The van der Waals surface area contributed by atoms with Gasteiger partial charge in [0.2, 0.25) is 0 Å². The maximum absolute atomic E-state index is 10.3. The summed E-state index contributed by atoms with van der Waals surface area (Å²) in [5, 5.41) is 17.8. The van der Waals surface area contributed by atoms with Crippen molar-refractivity contribution < 1.29 is 5.21 Å². The average Bonchev–Trinajstić information content (AvgIpc) is 3.05. The first kappa shape index (κ1) is 20.2. The van der Waals surface area contributed by atoms with Gasteiger partial charge >= 0.3 is 0 Å². The lowest BCUT2D eigenvalue weighted by Crippen LogP contribution is -2.26. The largest absolute Gasteiger partial charge is 0.411 e. The van der Waals surface area contributed by atoms with Gasteiger partial charge in [-0.25, -0.2) is 0 Å². The van der Waals surface area contributed by atoms with Gasteiger partial charge in [0.25, 0.3) is 0 Å². The molecule has 0 bridgehead atoms. The molecule has 0 atom stereocenters. The molecule has 3 heterocycles. The van der Waals surface area contributed by atoms with Crippen LogP contribution < -0.4 is 5.32 Å². The molecule has 0 unspecified atom stereocenters. The van der Waals surface area contributed by atoms with Gasteiger partial charge in [0.1, 0.15) is 5.69 Å². The SMILES string of the molecule is Cl.Cl.On1ncc(C2CCNCC2)c1-c1cccc(-c2ccncc2)c1. The lowest BCUT2D eigenvalue weighted by Gasteiger charge is -2.22. The number of rotatable bonds is 3. The molecule has 138 valence electrons. The highest BCUT2D eigenvalue weighted by Gasteiger charge is 2.23. The maximum Gasteiger partial charge on any atom is 0.113 e. The Kier molecular flexibility index (Phi) is 7.03. The van der Waals surface area contributed by atoms with E-state index in [9.17, 15) is 5.21 Å². The summed E-state index contributed by atoms with van der Waals surface area (Å²) in [6.07, 6.45) is 7.54. The van der Waals surface area contributed by atoms with Crippen molar-refractivity contribution >= 4 is 24.8 Å². The second-order valence-corrected chi connectivity index (χ2v) is 6.18. The van der Waals surface area contributed by atoms with Crippen LogP contribution in [0.4, 0.5) is 0 Å². The Morgan fingerprint density at radius 1 is 0.962 bits per heavy atom. The lowest BCUT2D eigenvalue weighted by molar-refractivity contribution is 0.153. The molecular formula is C19H22Cl2N4O. The van der Waals surface area contributed by atoms with Crippen LogP contribution in [0.2, 0.25) is 0 Å². The minimum absolute atomic E-state index is 0. The predicted molar refractivity (Wildman–Crippen MR) is 107 cm³/mol. The van der Waals surface area contributed by atoms with E-state index in [2.05, 4.69) is 27.5 Å². The van der Waals surface area contributed by atoms with E-state index in [1.165, 1.54) is 0 Å². The molecular weight excluding hydrogens is 371 g/mol. The molecule has 0 amide bonds. The summed E-state index contributed by atoms with van der Waals surface area (Å²) in [6, 6.07) is 12.2. The van der Waals surface area contributed by atoms with Crippen LogP contribution >= 0.6 is 24.8 Å². The van der Waals surface area contributed by atoms with Gasteiger partial charge in [0.05, 0.1) is 6.20 Å². The molecule has 4 rings (SSSR count). The number of nitrogens with zero attached hydrogens (tertiary/aromatic N) is 3. The van der Waals surface area contributed by atoms with E-state index in [4.69, 9.17) is 0 Å². The molecule has 1 aliphatic heterocycles. The number of aromatic nitrogens is 3. The molecule has 1 saturated heterocycles. The Morgan fingerprint density at radius 3 is 2.38 bits per heavy atom. The molecule has 0 aliphatic carbocycles. The second-order valence-electron chi connectivity index (χ2n) is 6.18. The van der Waals surface area contributed by atoms with Crippen molar-refractivity contribution in [3.05, 3.63) is 60.6 Å². The van der Waals surface area contributed by atoms with E-state index in [1.54, 1.807) is 12.4 Å². The Labute approximate surface area is 165 Å². The topological polar surface area (TPSA) is 63.0 Å². The Morgan fingerprint density at radius 2 is 1.65 bits per heavy atom. The number of hydrogen-bond donors (Lipinski definition) is 2. The van der Waals surface area contributed by atoms with E-state index in [1.807, 2.05) is 30.5 Å². The third-order valence-corrected chi connectivity index (χ3v) is 4.71. The Hall–Kier alpha value is -2.08. The lowest BCUT2D eigenvalue weighted by atomic mass is 9.88. The molecule has 0 radical (unpaired) electrons. The van der Waals surface area contributed by atoms with E-state index < -0.39 is 0 Å². The minimum atomic E-state index is 0. The van der Waals surface area contributed by atoms with Crippen molar-refractivity contribution in [3.8, 4) is 22.4 Å². The van der Waals surface area contributed by atoms with E-state index >= 15 is 0 Å². The third-order valence-electron chi connectivity index (χ3n) is 4.71. The van der Waals surface area contributed by atoms with Gasteiger partial charge in [0, 0.05) is 23.5 Å². The smallest absolute Gasteiger partial charge is 0.113 e. The number of piperidine rings is 1. The highest BCUT2D eigenvalue weighted by atomic mass is 35.5. The molecule has 7 heteroatoms. The van der Waals surface area contributed by atoms with Crippen LogP contribution in [0.25, 0.3) is 22.4 Å². The van der Waals surface area contributed by atoms with Crippen molar-refractivity contribution in [3.63, 3.8) is 0 Å². The molecule has 1 aromatic carbocycles. The molecule has 2 aromatic heterocycles. The first-order valence-corrected chi connectivity index (χ1v) is 8.31. The zero-order valence-corrected chi connectivity index (χ0v) is 15.8. The first-order chi connectivity index (χ1) is 11.8. The van der Waals surface area contributed by atoms with Crippen LogP contribution in [0.3, 0.4) is 0 Å². The quantitative estimate of drug-likeness (QED) is 0.656. The molecule has 26 heavy (non-hydrogen) atoms. The van der Waals surface area contributed by atoms with Crippen LogP contribution in [0.15, 0.2) is 55.0 Å². The summed E-state index contributed by atoms with van der Waals surface area (Å²) >= 11 is 0.